The van der Waals surface area contributed by atoms with Gasteiger partial charge in [0.25, 0.3) is 0 Å². The molecule has 0 unspecified atom stereocenters. The number of rotatable bonds is 2. The molecule has 0 radical (unpaired) electrons. The van der Waals surface area contributed by atoms with Crippen LogP contribution in [-0.4, -0.2) is 12.0 Å². The smallest absolute Gasteiger partial charge is 0.142 e. The lowest BCUT2D eigenvalue weighted by molar-refractivity contribution is 1.30. The van der Waals surface area contributed by atoms with Gasteiger partial charge in [-0.25, -0.2) is 0 Å². The van der Waals surface area contributed by atoms with Crippen LogP contribution in [0.1, 0.15) is 0 Å². The van der Waals surface area contributed by atoms with Gasteiger partial charge in [0, 0.05) is 50.1 Å². The maximum atomic E-state index is 6.86. The van der Waals surface area contributed by atoms with E-state index in [2.05, 4.69) is 56.1 Å². The summed E-state index contributed by atoms with van der Waals surface area (Å²) in [6.45, 7) is 0. The molecule has 0 saturated heterocycles. The van der Waals surface area contributed by atoms with Gasteiger partial charge in [0.15, 0.2) is 0 Å². The minimum Gasteiger partial charge on any atom is -0.142 e. The summed E-state index contributed by atoms with van der Waals surface area (Å²) in [6, 6.07) is 0.992. The zero-order valence-corrected chi connectivity index (χ0v) is 31.4. The molecule has 0 fully saturated rings. The molecule has 0 atom stereocenters. The Morgan fingerprint density at radius 2 is 0.895 bits per heavy atom. The van der Waals surface area contributed by atoms with E-state index in [1.54, 1.807) is 0 Å². The summed E-state index contributed by atoms with van der Waals surface area (Å²) in [5.41, 5.74) is 0. The van der Waals surface area contributed by atoms with E-state index in [0.717, 1.165) is 73.1 Å². The van der Waals surface area contributed by atoms with Gasteiger partial charge < -0.3 is 0 Å². The minimum absolute atomic E-state index is 0.432. The van der Waals surface area contributed by atoms with E-state index in [1.807, 2.05) is 0 Å². The molecule has 0 amide bonds. The van der Waals surface area contributed by atoms with Gasteiger partial charge >= 0.3 is 12.0 Å². The van der Waals surface area contributed by atoms with Crippen LogP contribution >= 0.6 is 149 Å². The second-order valence-corrected chi connectivity index (χ2v) is 29.1. The summed E-state index contributed by atoms with van der Waals surface area (Å²) in [5.74, 6) is 0. The van der Waals surface area contributed by atoms with E-state index in [9.17, 15) is 0 Å². The van der Waals surface area contributed by atoms with Gasteiger partial charge in [-0.05, 0) is 85.3 Å². The molecule has 38 heavy (non-hydrogen) atoms. The van der Waals surface area contributed by atoms with Crippen molar-refractivity contribution in [1.82, 2.24) is 0 Å². The van der Waals surface area contributed by atoms with Crippen LogP contribution in [0, 0.1) is 0 Å². The molecule has 0 aliphatic heterocycles. The molecule has 0 saturated carbocycles. The molecule has 7 rings (SSSR count). The zero-order valence-electron chi connectivity index (χ0n) is 18.1. The fourth-order valence-electron chi connectivity index (χ4n) is 6.03. The average Bonchev–Trinajstić information content (AvgIpc) is 2.84. The standard InChI is InChI=1S/C24H8Br2Cl6S4Si2/c25-17-6-3-1-5-2-4-7-10-8(5)9(6)11-13-12(10)15(20(34)19(7)33)21(35)22(36)16(13)24(38(30,31)32)23(37(27,28)29)14(11)18(17)26/h1-4,33-36H. The van der Waals surface area contributed by atoms with E-state index in [-0.39, 0.29) is 0 Å². The minimum atomic E-state index is -3.71. The lowest BCUT2D eigenvalue weighted by atomic mass is 9.82. The van der Waals surface area contributed by atoms with E-state index in [0.29, 0.717) is 30.4 Å². The number of hydrogen-bond donors (Lipinski definition) is 4. The van der Waals surface area contributed by atoms with Gasteiger partial charge in [-0.3, -0.25) is 0 Å². The van der Waals surface area contributed by atoms with Crippen LogP contribution in [-0.2, 0) is 0 Å². The Hall–Kier alpha value is 1.41. The van der Waals surface area contributed by atoms with Gasteiger partial charge in [-0.1, -0.05) is 24.3 Å². The molecule has 0 nitrogen and oxygen atoms in total. The van der Waals surface area contributed by atoms with Crippen molar-refractivity contribution >= 4 is 236 Å². The normalized spacial score (nSPS) is 13.8. The van der Waals surface area contributed by atoms with Crippen LogP contribution in [0.3, 0.4) is 0 Å². The maximum Gasteiger partial charge on any atom is 0.373 e. The first-order valence-corrected chi connectivity index (χ1v) is 24.2. The molecular formula is C24H8Br2Cl6S4Si2. The van der Waals surface area contributed by atoms with E-state index < -0.39 is 12.0 Å². The predicted octanol–water partition coefficient (Wildman–Crippen LogP) is 11.3. The largest absolute Gasteiger partial charge is 0.373 e. The van der Waals surface area contributed by atoms with Gasteiger partial charge in [0.2, 0.25) is 0 Å². The lowest BCUT2D eigenvalue weighted by Gasteiger charge is -2.30. The molecule has 0 aliphatic carbocycles. The number of hydrogen-bond acceptors (Lipinski definition) is 4. The third kappa shape index (κ3) is 3.48. The Morgan fingerprint density at radius 1 is 0.447 bits per heavy atom. The van der Waals surface area contributed by atoms with Crippen LogP contribution in [0.15, 0.2) is 52.8 Å². The second kappa shape index (κ2) is 8.97. The summed E-state index contributed by atoms with van der Waals surface area (Å²) in [4.78, 5) is 2.60. The highest BCUT2D eigenvalue weighted by Gasteiger charge is 2.45. The quantitative estimate of drug-likeness (QED) is 0.0430. The second-order valence-electron chi connectivity index (χ2n) is 9.09. The molecule has 0 aromatic heterocycles. The predicted molar refractivity (Wildman–Crippen MR) is 195 cm³/mol. The summed E-state index contributed by atoms with van der Waals surface area (Å²) in [7, 11) is 0. The van der Waals surface area contributed by atoms with Gasteiger partial charge in [0.05, 0.1) is 0 Å². The van der Waals surface area contributed by atoms with Crippen LogP contribution in [0.25, 0.3) is 64.6 Å². The molecule has 7 aromatic rings. The molecular weight excluding hydrogens is 845 g/mol. The first-order valence-electron chi connectivity index (χ1n) is 10.7. The fourth-order valence-corrected chi connectivity index (χ4v) is 16.7. The average molecular weight is 853 g/mol. The maximum absolute atomic E-state index is 6.86. The van der Waals surface area contributed by atoms with Crippen molar-refractivity contribution in [3.63, 3.8) is 0 Å². The first kappa shape index (κ1) is 28.2. The molecule has 14 heteroatoms. The molecule has 192 valence electrons. The van der Waals surface area contributed by atoms with Crippen molar-refractivity contribution in [3.05, 3.63) is 33.2 Å². The molecule has 0 aliphatic rings. The Kier molecular flexibility index (Phi) is 6.66. The van der Waals surface area contributed by atoms with Crippen molar-refractivity contribution in [2.45, 2.75) is 19.6 Å². The van der Waals surface area contributed by atoms with Gasteiger partial charge in [-0.2, -0.15) is 0 Å². The van der Waals surface area contributed by atoms with Gasteiger partial charge in [-0.15, -0.1) is 117 Å². The fraction of sp³-hybridized carbons (Fsp3) is 0. The summed E-state index contributed by atoms with van der Waals surface area (Å²) >= 11 is 68.6. The Morgan fingerprint density at radius 3 is 1.50 bits per heavy atom. The SMILES string of the molecule is Sc1c(S)c2c(S)c(S)c3c([Si](Cl)(Cl)Cl)c([Si](Cl)(Cl)Cl)c4c(Br)c(Br)c5ccc6ccc1c1c6c5c4c3c21. The van der Waals surface area contributed by atoms with E-state index in [1.165, 1.54) is 0 Å². The van der Waals surface area contributed by atoms with E-state index >= 15 is 0 Å². The molecule has 0 N–H and O–H groups in total. The van der Waals surface area contributed by atoms with Crippen LogP contribution in [0.2, 0.25) is 0 Å². The topological polar surface area (TPSA) is 0 Å². The summed E-state index contributed by atoms with van der Waals surface area (Å²) < 4.78 is 1.56. The third-order valence-corrected chi connectivity index (χ3v) is 17.4. The van der Waals surface area contributed by atoms with Crippen molar-refractivity contribution < 1.29 is 0 Å². The molecule has 0 heterocycles. The Bertz CT molecular complexity index is 2170. The Balaban J connectivity index is 2.08. The lowest BCUT2D eigenvalue weighted by Crippen LogP contribution is -2.51. The van der Waals surface area contributed by atoms with Gasteiger partial charge in [0.1, 0.15) is 0 Å². The van der Waals surface area contributed by atoms with Crippen molar-refractivity contribution in [1.29, 1.82) is 0 Å². The van der Waals surface area contributed by atoms with E-state index in [4.69, 9.17) is 117 Å². The number of thiol groups is 4. The highest BCUT2D eigenvalue weighted by atomic mass is 79.9. The third-order valence-electron chi connectivity index (χ3n) is 7.32. The van der Waals surface area contributed by atoms with Crippen LogP contribution < -0.4 is 10.4 Å². The zero-order chi connectivity index (χ0) is 27.4. The van der Waals surface area contributed by atoms with Crippen molar-refractivity contribution in [2.75, 3.05) is 0 Å². The van der Waals surface area contributed by atoms with Crippen molar-refractivity contribution in [3.8, 4) is 0 Å². The van der Waals surface area contributed by atoms with Crippen LogP contribution in [0.5, 0.6) is 0 Å². The summed E-state index contributed by atoms with van der Waals surface area (Å²) in [6.07, 6.45) is 0. The highest BCUT2D eigenvalue weighted by Crippen LogP contribution is 2.56. The number of benzene rings is 7. The Labute approximate surface area is 285 Å². The number of halogens is 8. The molecule has 7 aromatic carbocycles. The summed E-state index contributed by atoms with van der Waals surface area (Å²) in [5, 5.41) is 12.1. The molecule has 0 spiro atoms. The van der Waals surface area contributed by atoms with Crippen LogP contribution in [0.4, 0.5) is 0 Å². The highest BCUT2D eigenvalue weighted by molar-refractivity contribution is 9.13. The first-order chi connectivity index (χ1) is 17.7. The molecule has 0 bridgehead atoms. The monoisotopic (exact) mass is 848 g/mol. The van der Waals surface area contributed by atoms with Crippen molar-refractivity contribution in [2.24, 2.45) is 0 Å².